The minimum atomic E-state index is -3.03. The highest BCUT2D eigenvalue weighted by Crippen LogP contribution is 2.31. The Morgan fingerprint density at radius 1 is 1.24 bits per heavy atom. The number of nitrogens with zero attached hydrogens (tertiary/aromatic N) is 3. The van der Waals surface area contributed by atoms with Crippen molar-refractivity contribution in [2.24, 2.45) is 0 Å². The normalized spacial score (nSPS) is 21.6. The highest BCUT2D eigenvalue weighted by atomic mass is 32.2. The van der Waals surface area contributed by atoms with E-state index in [0.29, 0.717) is 13.0 Å². The maximum atomic E-state index is 13.2. The van der Waals surface area contributed by atoms with Crippen molar-refractivity contribution in [1.29, 1.82) is 0 Å². The first-order chi connectivity index (χ1) is 14.0. The van der Waals surface area contributed by atoms with Crippen LogP contribution in [0, 0.1) is 0 Å². The predicted molar refractivity (Wildman–Crippen MR) is 117 cm³/mol. The molecule has 2 aliphatic rings. The Kier molecular flexibility index (Phi) is 6.01. The lowest BCUT2D eigenvalue weighted by atomic mass is 10.1. The summed E-state index contributed by atoms with van der Waals surface area (Å²) in [7, 11) is -3.03. The Morgan fingerprint density at radius 2 is 2.00 bits per heavy atom. The summed E-state index contributed by atoms with van der Waals surface area (Å²) >= 11 is 1.43. The second-order valence-electron chi connectivity index (χ2n) is 7.87. The first-order valence-corrected chi connectivity index (χ1v) is 13.0. The van der Waals surface area contributed by atoms with E-state index >= 15 is 0 Å². The average Bonchev–Trinajstić information content (AvgIpc) is 3.41. The molecule has 0 bridgehead atoms. The van der Waals surface area contributed by atoms with Crippen LogP contribution in [0.15, 0.2) is 42.1 Å². The van der Waals surface area contributed by atoms with Gasteiger partial charge in [0.1, 0.15) is 0 Å². The van der Waals surface area contributed by atoms with Crippen LogP contribution in [-0.2, 0) is 21.2 Å². The van der Waals surface area contributed by atoms with Crippen molar-refractivity contribution in [3.63, 3.8) is 0 Å². The maximum absolute atomic E-state index is 13.2. The molecule has 156 valence electrons. The molecular formula is C21H27N3O3S2. The molecule has 1 aromatic heterocycles. The van der Waals surface area contributed by atoms with E-state index in [1.165, 1.54) is 11.8 Å². The van der Waals surface area contributed by atoms with E-state index in [-0.39, 0.29) is 35.2 Å². The lowest BCUT2D eigenvalue weighted by Crippen LogP contribution is -2.47. The van der Waals surface area contributed by atoms with Gasteiger partial charge >= 0.3 is 0 Å². The van der Waals surface area contributed by atoms with E-state index in [4.69, 9.17) is 4.98 Å². The molecule has 2 heterocycles. The largest absolute Gasteiger partial charge is 0.335 e. The van der Waals surface area contributed by atoms with Gasteiger partial charge in [-0.1, -0.05) is 42.8 Å². The van der Waals surface area contributed by atoms with Crippen LogP contribution >= 0.6 is 11.8 Å². The van der Waals surface area contributed by atoms with Gasteiger partial charge in [-0.25, -0.2) is 13.4 Å². The molecule has 1 atom stereocenters. The number of rotatable bonds is 7. The molecule has 0 radical (unpaired) electrons. The van der Waals surface area contributed by atoms with Crippen LogP contribution in [0.4, 0.5) is 0 Å². The van der Waals surface area contributed by atoms with Gasteiger partial charge in [-0.2, -0.15) is 0 Å². The Balaban J connectivity index is 1.53. The monoisotopic (exact) mass is 433 g/mol. The number of benzene rings is 1. The average molecular weight is 434 g/mol. The van der Waals surface area contributed by atoms with E-state index in [0.717, 1.165) is 41.9 Å². The zero-order valence-corrected chi connectivity index (χ0v) is 18.1. The third kappa shape index (κ3) is 4.38. The highest BCUT2D eigenvalue weighted by molar-refractivity contribution is 7.99. The number of carbonyl (C=O) groups excluding carboxylic acids is 1. The zero-order chi connectivity index (χ0) is 20.4. The smallest absolute Gasteiger partial charge is 0.233 e. The number of aromatic nitrogens is 2. The third-order valence-electron chi connectivity index (χ3n) is 5.86. The van der Waals surface area contributed by atoms with Crippen molar-refractivity contribution in [2.75, 3.05) is 17.3 Å². The molecular weight excluding hydrogens is 406 g/mol. The fourth-order valence-electron chi connectivity index (χ4n) is 4.55. The molecule has 6 nitrogen and oxygen atoms in total. The van der Waals surface area contributed by atoms with Gasteiger partial charge in [0.2, 0.25) is 5.91 Å². The van der Waals surface area contributed by atoms with Gasteiger partial charge in [-0.3, -0.25) is 4.79 Å². The number of allylic oxidation sites excluding steroid dienone is 1. The van der Waals surface area contributed by atoms with Crippen molar-refractivity contribution in [3.05, 3.63) is 36.9 Å². The molecule has 1 amide bonds. The Hall–Kier alpha value is -1.80. The molecule has 1 aromatic carbocycles. The number of fused-ring (bicyclic) bond motifs is 1. The molecule has 2 fully saturated rings. The second kappa shape index (κ2) is 8.52. The molecule has 2 aromatic rings. The number of amides is 1. The lowest BCUT2D eigenvalue weighted by molar-refractivity contribution is -0.132. The summed E-state index contributed by atoms with van der Waals surface area (Å²) in [6, 6.07) is 7.92. The molecule has 29 heavy (non-hydrogen) atoms. The quantitative estimate of drug-likeness (QED) is 0.495. The van der Waals surface area contributed by atoms with E-state index < -0.39 is 9.84 Å². The number of carbonyl (C=O) groups is 1. The van der Waals surface area contributed by atoms with Gasteiger partial charge in [0, 0.05) is 18.6 Å². The predicted octanol–water partition coefficient (Wildman–Crippen LogP) is 3.27. The van der Waals surface area contributed by atoms with E-state index in [1.807, 2.05) is 35.2 Å². The summed E-state index contributed by atoms with van der Waals surface area (Å²) in [6.45, 7) is 4.46. The number of imidazole rings is 1. The SMILES string of the molecule is C=CCn1c(SCC(=O)N(C2CCCC2)[C@H]2CCS(=O)(=O)C2)nc2ccccc21. The molecule has 1 saturated heterocycles. The van der Waals surface area contributed by atoms with Crippen molar-refractivity contribution in [2.45, 2.75) is 55.9 Å². The van der Waals surface area contributed by atoms with Gasteiger partial charge in [0.25, 0.3) is 0 Å². The van der Waals surface area contributed by atoms with Crippen molar-refractivity contribution in [3.8, 4) is 0 Å². The van der Waals surface area contributed by atoms with Crippen LogP contribution in [0.25, 0.3) is 11.0 Å². The number of para-hydroxylation sites is 2. The zero-order valence-electron chi connectivity index (χ0n) is 16.5. The van der Waals surface area contributed by atoms with Crippen LogP contribution in [0.2, 0.25) is 0 Å². The van der Waals surface area contributed by atoms with Gasteiger partial charge in [0.15, 0.2) is 15.0 Å². The van der Waals surface area contributed by atoms with Gasteiger partial charge < -0.3 is 9.47 Å². The minimum Gasteiger partial charge on any atom is -0.335 e. The van der Waals surface area contributed by atoms with Crippen molar-refractivity contribution < 1.29 is 13.2 Å². The lowest BCUT2D eigenvalue weighted by Gasteiger charge is -2.34. The topological polar surface area (TPSA) is 72.3 Å². The Labute approximate surface area is 176 Å². The fraction of sp³-hybridized carbons (Fsp3) is 0.524. The molecule has 0 spiro atoms. The van der Waals surface area contributed by atoms with E-state index in [1.54, 1.807) is 0 Å². The van der Waals surface area contributed by atoms with E-state index in [2.05, 4.69) is 11.1 Å². The van der Waals surface area contributed by atoms with Crippen LogP contribution < -0.4 is 0 Å². The highest BCUT2D eigenvalue weighted by Gasteiger charge is 2.38. The summed E-state index contributed by atoms with van der Waals surface area (Å²) in [4.78, 5) is 19.8. The molecule has 0 N–H and O–H groups in total. The Morgan fingerprint density at radius 3 is 2.69 bits per heavy atom. The molecule has 1 aliphatic carbocycles. The van der Waals surface area contributed by atoms with Crippen LogP contribution in [0.3, 0.4) is 0 Å². The molecule has 0 unspecified atom stereocenters. The number of hydrogen-bond donors (Lipinski definition) is 0. The molecule has 8 heteroatoms. The van der Waals surface area contributed by atoms with Gasteiger partial charge in [-0.15, -0.1) is 6.58 Å². The van der Waals surface area contributed by atoms with Crippen LogP contribution in [-0.4, -0.2) is 58.1 Å². The van der Waals surface area contributed by atoms with E-state index in [9.17, 15) is 13.2 Å². The summed E-state index contributed by atoms with van der Waals surface area (Å²) in [5.74, 6) is 0.597. The third-order valence-corrected chi connectivity index (χ3v) is 8.58. The van der Waals surface area contributed by atoms with Crippen LogP contribution in [0.5, 0.6) is 0 Å². The van der Waals surface area contributed by atoms with Crippen LogP contribution in [0.1, 0.15) is 32.1 Å². The summed E-state index contributed by atoms with van der Waals surface area (Å²) < 4.78 is 26.1. The molecule has 1 aliphatic heterocycles. The maximum Gasteiger partial charge on any atom is 0.233 e. The number of sulfone groups is 1. The summed E-state index contributed by atoms with van der Waals surface area (Å²) in [5, 5.41) is 0.796. The van der Waals surface area contributed by atoms with Gasteiger partial charge in [-0.05, 0) is 31.4 Å². The molecule has 4 rings (SSSR count). The number of thioether (sulfide) groups is 1. The molecule has 1 saturated carbocycles. The second-order valence-corrected chi connectivity index (χ2v) is 11.0. The van der Waals surface area contributed by atoms with Gasteiger partial charge in [0.05, 0.1) is 28.3 Å². The first-order valence-electron chi connectivity index (χ1n) is 10.2. The first kappa shape index (κ1) is 20.5. The van der Waals surface area contributed by atoms with Crippen molar-refractivity contribution >= 4 is 38.5 Å². The minimum absolute atomic E-state index is 0.0289. The number of hydrogen-bond acceptors (Lipinski definition) is 5. The Bertz CT molecular complexity index is 1010. The summed E-state index contributed by atoms with van der Waals surface area (Å²) in [6.07, 6.45) is 6.55. The standard InChI is InChI=1S/C21H27N3O3S2/c1-2-12-23-19-10-6-5-9-18(19)22-21(23)28-14-20(25)24(16-7-3-4-8-16)17-11-13-29(26,27)15-17/h2,5-6,9-10,16-17H,1,3-4,7-8,11-15H2/t17-/m0/s1. The summed E-state index contributed by atoms with van der Waals surface area (Å²) in [5.41, 5.74) is 1.93. The van der Waals surface area contributed by atoms with Crippen molar-refractivity contribution in [1.82, 2.24) is 14.5 Å². The fourth-order valence-corrected chi connectivity index (χ4v) is 7.16.